The van der Waals surface area contributed by atoms with E-state index in [1.165, 1.54) is 6.08 Å². The van der Waals surface area contributed by atoms with Gasteiger partial charge in [0.15, 0.2) is 6.61 Å². The van der Waals surface area contributed by atoms with Crippen molar-refractivity contribution in [3.05, 3.63) is 65.7 Å². The molecule has 0 saturated carbocycles. The van der Waals surface area contributed by atoms with Gasteiger partial charge in [-0.1, -0.05) is 24.3 Å². The largest absolute Gasteiger partial charge is 0.466 e. The molecule has 0 bridgehead atoms. The van der Waals surface area contributed by atoms with Gasteiger partial charge in [0.25, 0.3) is 5.91 Å². The van der Waals surface area contributed by atoms with Crippen LogP contribution in [0.1, 0.15) is 25.3 Å². The molecule has 172 valence electrons. The number of esters is 2. The highest BCUT2D eigenvalue weighted by Gasteiger charge is 2.12. The molecule has 1 amide bonds. The molecule has 8 nitrogen and oxygen atoms in total. The van der Waals surface area contributed by atoms with Crippen LogP contribution < -0.4 is 5.32 Å². The van der Waals surface area contributed by atoms with E-state index in [9.17, 15) is 14.4 Å². The number of nitrogens with one attached hydrogen (secondary N) is 1. The molecule has 0 fully saturated rings. The van der Waals surface area contributed by atoms with E-state index >= 15 is 0 Å². The molecule has 0 aliphatic heterocycles. The highest BCUT2D eigenvalue weighted by Crippen LogP contribution is 2.28. The van der Waals surface area contributed by atoms with Gasteiger partial charge in [-0.25, -0.2) is 9.48 Å². The molecule has 1 N–H and O–H groups in total. The molecule has 0 radical (unpaired) electrons. The third-order valence-electron chi connectivity index (χ3n) is 4.45. The van der Waals surface area contributed by atoms with Crippen LogP contribution in [0.3, 0.4) is 0 Å². The zero-order valence-corrected chi connectivity index (χ0v) is 19.0. The Balaban J connectivity index is 1.54. The lowest BCUT2D eigenvalue weighted by Gasteiger charge is -2.05. The summed E-state index contributed by atoms with van der Waals surface area (Å²) in [4.78, 5) is 36.2. The molecule has 33 heavy (non-hydrogen) atoms. The molecule has 0 spiro atoms. The van der Waals surface area contributed by atoms with Crippen LogP contribution in [-0.4, -0.2) is 47.4 Å². The van der Waals surface area contributed by atoms with Gasteiger partial charge in [-0.15, -0.1) is 11.3 Å². The molecule has 1 aromatic carbocycles. The van der Waals surface area contributed by atoms with Crippen LogP contribution in [0, 0.1) is 0 Å². The van der Waals surface area contributed by atoms with E-state index in [1.54, 1.807) is 29.0 Å². The van der Waals surface area contributed by atoms with E-state index in [-0.39, 0.29) is 12.4 Å². The second-order valence-corrected chi connectivity index (χ2v) is 7.84. The first-order chi connectivity index (χ1) is 16.1. The predicted molar refractivity (Wildman–Crippen MR) is 126 cm³/mol. The van der Waals surface area contributed by atoms with Crippen LogP contribution in [0.25, 0.3) is 22.3 Å². The van der Waals surface area contributed by atoms with Crippen molar-refractivity contribution in [3.8, 4) is 16.3 Å². The molecule has 2 aromatic heterocycles. The lowest BCUT2D eigenvalue weighted by atomic mass is 10.2. The number of carbonyl (C=O) groups excluding carboxylic acids is 3. The van der Waals surface area contributed by atoms with E-state index in [2.05, 4.69) is 10.4 Å². The zero-order valence-electron chi connectivity index (χ0n) is 18.2. The average molecular weight is 468 g/mol. The van der Waals surface area contributed by atoms with Crippen molar-refractivity contribution < 1.29 is 23.9 Å². The molecule has 2 heterocycles. The first-order valence-electron chi connectivity index (χ1n) is 10.5. The summed E-state index contributed by atoms with van der Waals surface area (Å²) >= 11 is 1.55. The second kappa shape index (κ2) is 12.4. The van der Waals surface area contributed by atoms with Gasteiger partial charge >= 0.3 is 11.9 Å². The van der Waals surface area contributed by atoms with Crippen molar-refractivity contribution in [1.29, 1.82) is 0 Å². The molecule has 0 aliphatic rings. The summed E-state index contributed by atoms with van der Waals surface area (Å²) in [6.07, 6.45) is 5.41. The maximum atomic E-state index is 12.1. The Morgan fingerprint density at radius 2 is 1.94 bits per heavy atom. The number of hydrogen-bond acceptors (Lipinski definition) is 7. The molecule has 9 heteroatoms. The monoisotopic (exact) mass is 467 g/mol. The number of ether oxygens (including phenoxy) is 2. The van der Waals surface area contributed by atoms with Crippen molar-refractivity contribution >= 4 is 35.3 Å². The van der Waals surface area contributed by atoms with Crippen LogP contribution in [0.15, 0.2) is 60.1 Å². The summed E-state index contributed by atoms with van der Waals surface area (Å²) in [5.74, 6) is -1.38. The minimum absolute atomic E-state index is 0.222. The Hall–Kier alpha value is -3.72. The fourth-order valence-corrected chi connectivity index (χ4v) is 3.65. The summed E-state index contributed by atoms with van der Waals surface area (Å²) in [6.45, 7) is 1.97. The third-order valence-corrected chi connectivity index (χ3v) is 5.32. The van der Waals surface area contributed by atoms with Crippen LogP contribution in [0.5, 0.6) is 0 Å². The van der Waals surface area contributed by atoms with Gasteiger partial charge in [-0.3, -0.25) is 9.59 Å². The van der Waals surface area contributed by atoms with Crippen molar-refractivity contribution in [2.75, 3.05) is 19.8 Å². The fourth-order valence-electron chi connectivity index (χ4n) is 2.91. The van der Waals surface area contributed by atoms with Crippen molar-refractivity contribution in [1.82, 2.24) is 15.1 Å². The molecule has 0 atom stereocenters. The van der Waals surface area contributed by atoms with Crippen LogP contribution >= 0.6 is 11.3 Å². The molecule has 0 unspecified atom stereocenters. The zero-order chi connectivity index (χ0) is 23.5. The van der Waals surface area contributed by atoms with E-state index in [0.717, 1.165) is 21.8 Å². The summed E-state index contributed by atoms with van der Waals surface area (Å²) in [5.41, 5.74) is 2.40. The topological polar surface area (TPSA) is 99.5 Å². The van der Waals surface area contributed by atoms with Gasteiger partial charge < -0.3 is 14.8 Å². The van der Waals surface area contributed by atoms with E-state index in [0.29, 0.717) is 19.6 Å². The van der Waals surface area contributed by atoms with Gasteiger partial charge in [0.1, 0.15) is 5.69 Å². The summed E-state index contributed by atoms with van der Waals surface area (Å²) < 4.78 is 11.6. The van der Waals surface area contributed by atoms with Crippen LogP contribution in [0.4, 0.5) is 0 Å². The number of thiophene rings is 1. The number of aromatic nitrogens is 2. The van der Waals surface area contributed by atoms with Crippen LogP contribution in [-0.2, 0) is 23.9 Å². The van der Waals surface area contributed by atoms with Gasteiger partial charge in [-0.05, 0) is 43.0 Å². The highest BCUT2D eigenvalue weighted by atomic mass is 32.1. The number of nitrogens with zero attached hydrogens (tertiary/aromatic N) is 2. The Labute approximate surface area is 195 Å². The quantitative estimate of drug-likeness (QED) is 0.263. The van der Waals surface area contributed by atoms with Gasteiger partial charge in [0, 0.05) is 30.8 Å². The van der Waals surface area contributed by atoms with Gasteiger partial charge in [0.2, 0.25) is 0 Å². The van der Waals surface area contributed by atoms with E-state index in [1.807, 2.05) is 54.0 Å². The second-order valence-electron chi connectivity index (χ2n) is 6.89. The number of carbonyl (C=O) groups is 3. The van der Waals surface area contributed by atoms with Crippen molar-refractivity contribution in [2.45, 2.75) is 19.8 Å². The molecular weight excluding hydrogens is 442 g/mol. The number of hydrogen-bond donors (Lipinski definition) is 1. The van der Waals surface area contributed by atoms with Crippen molar-refractivity contribution in [3.63, 3.8) is 0 Å². The number of rotatable bonds is 11. The lowest BCUT2D eigenvalue weighted by Crippen LogP contribution is -2.29. The summed E-state index contributed by atoms with van der Waals surface area (Å²) in [7, 11) is 0. The van der Waals surface area contributed by atoms with Gasteiger partial charge in [0.05, 0.1) is 17.2 Å². The number of para-hydroxylation sites is 1. The third kappa shape index (κ3) is 7.43. The Morgan fingerprint density at radius 1 is 1.12 bits per heavy atom. The molecule has 0 aliphatic carbocycles. The van der Waals surface area contributed by atoms with E-state index < -0.39 is 18.5 Å². The first kappa shape index (κ1) is 23.9. The Bertz CT molecular complexity index is 1090. The SMILES string of the molecule is CCOC(=O)CCCNC(=O)COC(=O)/C=C/c1cn(-c2ccccc2)nc1-c1cccs1. The maximum Gasteiger partial charge on any atom is 0.331 e. The molecule has 3 rings (SSSR count). The smallest absolute Gasteiger partial charge is 0.331 e. The van der Waals surface area contributed by atoms with Gasteiger partial charge in [-0.2, -0.15) is 5.10 Å². The summed E-state index contributed by atoms with van der Waals surface area (Å²) in [5, 5.41) is 9.23. The minimum atomic E-state index is -0.638. The predicted octanol–water partition coefficient (Wildman–Crippen LogP) is 3.62. The van der Waals surface area contributed by atoms with Crippen LogP contribution in [0.2, 0.25) is 0 Å². The van der Waals surface area contributed by atoms with E-state index in [4.69, 9.17) is 9.47 Å². The molecule has 0 saturated heterocycles. The number of amides is 1. The molecule has 3 aromatic rings. The molecular formula is C24H25N3O5S. The maximum absolute atomic E-state index is 12.1. The fraction of sp³-hybridized carbons (Fsp3) is 0.250. The Kier molecular flexibility index (Phi) is 8.96. The Morgan fingerprint density at radius 3 is 2.67 bits per heavy atom. The minimum Gasteiger partial charge on any atom is -0.466 e. The highest BCUT2D eigenvalue weighted by molar-refractivity contribution is 7.13. The lowest BCUT2D eigenvalue weighted by molar-refractivity contribution is -0.143. The first-order valence-corrected chi connectivity index (χ1v) is 11.4. The van der Waals surface area contributed by atoms with Crippen molar-refractivity contribution in [2.24, 2.45) is 0 Å². The number of benzene rings is 1. The normalized spacial score (nSPS) is 10.8. The summed E-state index contributed by atoms with van der Waals surface area (Å²) in [6, 6.07) is 13.6. The standard InChI is InChI=1S/C24H25N3O5S/c1-2-31-22(29)11-6-14-25-21(28)17-32-23(30)13-12-18-16-27(19-8-4-3-5-9-19)26-24(18)20-10-7-15-33-20/h3-5,7-10,12-13,15-16H,2,6,11,14,17H2,1H3,(H,25,28)/b13-12+. The average Bonchev–Trinajstić information content (AvgIpc) is 3.50.